The van der Waals surface area contributed by atoms with Gasteiger partial charge < -0.3 is 5.73 Å². The summed E-state index contributed by atoms with van der Waals surface area (Å²) in [6, 6.07) is 10.0. The lowest BCUT2D eigenvalue weighted by atomic mass is 10.2. The minimum atomic E-state index is 0.792. The molecule has 2 N–H and O–H groups in total. The molecule has 1 aromatic carbocycles. The molecule has 2 aromatic rings. The second kappa shape index (κ2) is 5.21. The number of nitrogen functional groups attached to an aromatic ring is 1. The smallest absolute Gasteiger partial charge is 0.0967 e. The Hall–Kier alpha value is -1.22. The van der Waals surface area contributed by atoms with Crippen LogP contribution >= 0.6 is 11.8 Å². The highest BCUT2D eigenvalue weighted by atomic mass is 32.2. The fourth-order valence-corrected chi connectivity index (χ4v) is 2.50. The first-order chi connectivity index (χ1) is 7.79. The van der Waals surface area contributed by atoms with E-state index in [0.29, 0.717) is 0 Å². The zero-order valence-corrected chi connectivity index (χ0v) is 10.3. The van der Waals surface area contributed by atoms with Gasteiger partial charge in [-0.2, -0.15) is 0 Å². The molecule has 84 valence electrons. The highest BCUT2D eigenvalue weighted by Crippen LogP contribution is 2.22. The van der Waals surface area contributed by atoms with Crippen molar-refractivity contribution in [2.24, 2.45) is 0 Å². The summed E-state index contributed by atoms with van der Waals surface area (Å²) in [5.41, 5.74) is 7.54. The summed E-state index contributed by atoms with van der Waals surface area (Å²) in [5.74, 6) is 1.14. The first-order valence-corrected chi connectivity index (χ1v) is 6.57. The largest absolute Gasteiger partial charge is 0.399 e. The zero-order valence-electron chi connectivity index (χ0n) is 9.44. The second-order valence-corrected chi connectivity index (χ2v) is 4.92. The van der Waals surface area contributed by atoms with E-state index in [1.54, 1.807) is 0 Å². The van der Waals surface area contributed by atoms with E-state index in [0.717, 1.165) is 27.4 Å². The Balaban J connectivity index is 2.20. The fraction of sp³-hybridized carbons (Fsp3) is 0.308. The van der Waals surface area contributed by atoms with E-state index in [9.17, 15) is 0 Å². The molecule has 2 rings (SSSR count). The minimum Gasteiger partial charge on any atom is -0.399 e. The fourth-order valence-electron chi connectivity index (χ4n) is 1.53. The molecule has 0 radical (unpaired) electrons. The number of rotatable bonds is 4. The van der Waals surface area contributed by atoms with Crippen molar-refractivity contribution >= 4 is 28.4 Å². The van der Waals surface area contributed by atoms with Gasteiger partial charge in [-0.3, -0.25) is 0 Å². The Kier molecular flexibility index (Phi) is 3.67. The number of thioether (sulfide) groups is 1. The molecule has 1 heterocycles. The lowest BCUT2D eigenvalue weighted by Gasteiger charge is -2.03. The number of nitrogens with zero attached hydrogens (tertiary/aromatic N) is 1. The molecule has 0 aliphatic carbocycles. The second-order valence-electron chi connectivity index (χ2n) is 3.80. The van der Waals surface area contributed by atoms with E-state index in [4.69, 9.17) is 5.73 Å². The van der Waals surface area contributed by atoms with Gasteiger partial charge in [-0.1, -0.05) is 19.4 Å². The van der Waals surface area contributed by atoms with Crippen LogP contribution in [0.5, 0.6) is 0 Å². The van der Waals surface area contributed by atoms with E-state index in [2.05, 4.69) is 24.0 Å². The monoisotopic (exact) mass is 232 g/mol. The number of hydrogen-bond acceptors (Lipinski definition) is 3. The SMILES string of the molecule is CCCCSc1ccc2cc(N)ccc2n1. The van der Waals surface area contributed by atoms with Crippen LogP contribution < -0.4 is 5.73 Å². The number of hydrogen-bond donors (Lipinski definition) is 1. The number of fused-ring (bicyclic) bond motifs is 1. The van der Waals surface area contributed by atoms with Crippen LogP contribution in [-0.2, 0) is 0 Å². The molecule has 0 saturated carbocycles. The van der Waals surface area contributed by atoms with Crippen LogP contribution in [0.25, 0.3) is 10.9 Å². The number of unbranched alkanes of at least 4 members (excludes halogenated alkanes) is 1. The van der Waals surface area contributed by atoms with Crippen molar-refractivity contribution in [3.8, 4) is 0 Å². The van der Waals surface area contributed by atoms with Crippen LogP contribution in [0.15, 0.2) is 35.4 Å². The summed E-state index contributed by atoms with van der Waals surface area (Å²) in [6.45, 7) is 2.21. The van der Waals surface area contributed by atoms with Crippen LogP contribution in [-0.4, -0.2) is 10.7 Å². The molecule has 0 fully saturated rings. The Morgan fingerprint density at radius 3 is 2.94 bits per heavy atom. The summed E-state index contributed by atoms with van der Waals surface area (Å²) in [4.78, 5) is 4.60. The molecule has 1 aromatic heterocycles. The molecule has 16 heavy (non-hydrogen) atoms. The molecule has 2 nitrogen and oxygen atoms in total. The molecule has 0 unspecified atom stereocenters. The standard InChI is InChI=1S/C13H16N2S/c1-2-3-8-16-13-7-4-10-9-11(14)5-6-12(10)15-13/h4-7,9H,2-3,8,14H2,1H3. The first-order valence-electron chi connectivity index (χ1n) is 5.58. The Labute approximate surface area is 100 Å². The van der Waals surface area contributed by atoms with Crippen molar-refractivity contribution in [3.05, 3.63) is 30.3 Å². The van der Waals surface area contributed by atoms with Gasteiger partial charge in [-0.15, -0.1) is 11.8 Å². The van der Waals surface area contributed by atoms with Gasteiger partial charge in [0.05, 0.1) is 10.5 Å². The Morgan fingerprint density at radius 2 is 2.12 bits per heavy atom. The van der Waals surface area contributed by atoms with Crippen LogP contribution in [0.1, 0.15) is 19.8 Å². The quantitative estimate of drug-likeness (QED) is 0.496. The predicted molar refractivity (Wildman–Crippen MR) is 71.8 cm³/mol. The molecule has 0 aliphatic rings. The number of pyridine rings is 1. The summed E-state index contributed by atoms with van der Waals surface area (Å²) >= 11 is 1.82. The molecule has 0 saturated heterocycles. The summed E-state index contributed by atoms with van der Waals surface area (Å²) < 4.78 is 0. The van der Waals surface area contributed by atoms with Gasteiger partial charge in [0.2, 0.25) is 0 Å². The van der Waals surface area contributed by atoms with Gasteiger partial charge in [0.1, 0.15) is 0 Å². The molecule has 0 bridgehead atoms. The third kappa shape index (κ3) is 2.67. The molecular formula is C13H16N2S. The predicted octanol–water partition coefficient (Wildman–Crippen LogP) is 3.71. The van der Waals surface area contributed by atoms with Crippen molar-refractivity contribution in [1.82, 2.24) is 4.98 Å². The van der Waals surface area contributed by atoms with Gasteiger partial charge in [0.15, 0.2) is 0 Å². The normalized spacial score (nSPS) is 10.8. The van der Waals surface area contributed by atoms with Crippen LogP contribution in [0, 0.1) is 0 Å². The van der Waals surface area contributed by atoms with Gasteiger partial charge in [-0.25, -0.2) is 4.98 Å². The number of anilines is 1. The Morgan fingerprint density at radius 1 is 1.25 bits per heavy atom. The maximum atomic E-state index is 5.73. The lowest BCUT2D eigenvalue weighted by molar-refractivity contribution is 0.895. The maximum absolute atomic E-state index is 5.73. The lowest BCUT2D eigenvalue weighted by Crippen LogP contribution is -1.87. The van der Waals surface area contributed by atoms with Gasteiger partial charge >= 0.3 is 0 Å². The topological polar surface area (TPSA) is 38.9 Å². The van der Waals surface area contributed by atoms with Crippen LogP contribution in [0.2, 0.25) is 0 Å². The Bertz CT molecular complexity index is 482. The third-order valence-corrected chi connectivity index (χ3v) is 3.45. The highest BCUT2D eigenvalue weighted by molar-refractivity contribution is 7.99. The van der Waals surface area contributed by atoms with Crippen molar-refractivity contribution in [3.63, 3.8) is 0 Å². The van der Waals surface area contributed by atoms with Gasteiger partial charge in [0, 0.05) is 11.1 Å². The summed E-state index contributed by atoms with van der Waals surface area (Å²) in [7, 11) is 0. The first kappa shape index (κ1) is 11.3. The molecule has 0 spiro atoms. The maximum Gasteiger partial charge on any atom is 0.0967 e. The molecular weight excluding hydrogens is 216 g/mol. The number of aromatic nitrogens is 1. The highest BCUT2D eigenvalue weighted by Gasteiger charge is 1.99. The summed E-state index contributed by atoms with van der Waals surface area (Å²) in [6.07, 6.45) is 2.48. The van der Waals surface area contributed by atoms with Crippen LogP contribution in [0.4, 0.5) is 5.69 Å². The van der Waals surface area contributed by atoms with Crippen molar-refractivity contribution < 1.29 is 0 Å². The van der Waals surface area contributed by atoms with Crippen LogP contribution in [0.3, 0.4) is 0 Å². The molecule has 3 heteroatoms. The van der Waals surface area contributed by atoms with E-state index in [1.807, 2.05) is 30.0 Å². The minimum absolute atomic E-state index is 0.792. The average molecular weight is 232 g/mol. The van der Waals surface area contributed by atoms with E-state index in [-0.39, 0.29) is 0 Å². The van der Waals surface area contributed by atoms with Gasteiger partial charge in [0.25, 0.3) is 0 Å². The van der Waals surface area contributed by atoms with E-state index in [1.165, 1.54) is 12.8 Å². The van der Waals surface area contributed by atoms with Crippen molar-refractivity contribution in [1.29, 1.82) is 0 Å². The molecule has 0 amide bonds. The third-order valence-electron chi connectivity index (χ3n) is 2.44. The summed E-state index contributed by atoms with van der Waals surface area (Å²) in [5, 5.41) is 2.21. The average Bonchev–Trinajstić information content (AvgIpc) is 2.29. The van der Waals surface area contributed by atoms with E-state index >= 15 is 0 Å². The molecule has 0 aliphatic heterocycles. The molecule has 0 atom stereocenters. The zero-order chi connectivity index (χ0) is 11.4. The van der Waals surface area contributed by atoms with E-state index < -0.39 is 0 Å². The number of benzene rings is 1. The van der Waals surface area contributed by atoms with Crippen molar-refractivity contribution in [2.75, 3.05) is 11.5 Å². The van der Waals surface area contributed by atoms with Gasteiger partial charge in [-0.05, 0) is 36.4 Å². The number of nitrogens with two attached hydrogens (primary N) is 1. The van der Waals surface area contributed by atoms with Crippen molar-refractivity contribution in [2.45, 2.75) is 24.8 Å².